The smallest absolute Gasteiger partial charge is 0.143 e. The zero-order chi connectivity index (χ0) is 40.1. The van der Waals surface area contributed by atoms with E-state index in [0.29, 0.717) is 22.3 Å². The van der Waals surface area contributed by atoms with Crippen LogP contribution in [0.2, 0.25) is 0 Å². The topological polar surface area (TPSA) is 13.1 Å². The normalized spacial score (nSPS) is 13.4. The predicted molar refractivity (Wildman–Crippen MR) is 225 cm³/mol. The van der Waals surface area contributed by atoms with Crippen molar-refractivity contribution in [2.75, 3.05) is 0 Å². The molecule has 0 bridgehead atoms. The number of hydrogen-bond acceptors (Lipinski definition) is 1. The fourth-order valence-electron chi connectivity index (χ4n) is 8.09. The highest BCUT2D eigenvalue weighted by Crippen LogP contribution is 2.45. The molecule has 0 aliphatic carbocycles. The van der Waals surface area contributed by atoms with Crippen molar-refractivity contribution in [3.05, 3.63) is 194 Å². The highest BCUT2D eigenvalue weighted by atomic mass is 16.3. The van der Waals surface area contributed by atoms with Gasteiger partial charge in [-0.25, -0.2) is 0 Å². The molecule has 0 atom stereocenters. The zero-order valence-electron chi connectivity index (χ0n) is 34.4. The van der Waals surface area contributed by atoms with Gasteiger partial charge in [0, 0.05) is 16.3 Å². The summed E-state index contributed by atoms with van der Waals surface area (Å²) >= 11 is 0. The Morgan fingerprint density at radius 3 is 1.66 bits per heavy atom. The van der Waals surface area contributed by atoms with Crippen molar-refractivity contribution in [3.63, 3.8) is 0 Å². The molecule has 53 heavy (non-hydrogen) atoms. The molecule has 0 fully saturated rings. The Morgan fingerprint density at radius 2 is 0.925 bits per heavy atom. The lowest BCUT2D eigenvalue weighted by Gasteiger charge is -2.18. The van der Waals surface area contributed by atoms with Gasteiger partial charge in [0.2, 0.25) is 0 Å². The highest BCUT2D eigenvalue weighted by molar-refractivity contribution is 6.22. The maximum Gasteiger partial charge on any atom is 0.143 e. The molecule has 0 aliphatic rings. The van der Waals surface area contributed by atoms with E-state index in [2.05, 4.69) is 48.5 Å². The van der Waals surface area contributed by atoms with Gasteiger partial charge in [0.1, 0.15) is 11.2 Å². The van der Waals surface area contributed by atoms with E-state index in [0.717, 1.165) is 65.3 Å². The van der Waals surface area contributed by atoms with Crippen LogP contribution in [-0.4, -0.2) is 0 Å². The lowest BCUT2D eigenvalue weighted by Crippen LogP contribution is -1.90. The second-order valence-corrected chi connectivity index (χ2v) is 13.5. The van der Waals surface area contributed by atoms with Crippen LogP contribution in [0.1, 0.15) is 8.22 Å². The molecule has 1 heteroatoms. The average Bonchev–Trinajstić information content (AvgIpc) is 3.66. The van der Waals surface area contributed by atoms with Gasteiger partial charge < -0.3 is 4.42 Å². The average molecular weight is 679 g/mol. The minimum absolute atomic E-state index is 0.000710. The summed E-state index contributed by atoms with van der Waals surface area (Å²) in [6, 6.07) is 50.8. The van der Waals surface area contributed by atoms with Gasteiger partial charge in [0.25, 0.3) is 0 Å². The highest BCUT2D eigenvalue weighted by Gasteiger charge is 2.18. The third-order valence-electron chi connectivity index (χ3n) is 10.5. The lowest BCUT2D eigenvalue weighted by atomic mass is 9.85. The second kappa shape index (κ2) is 11.8. The van der Waals surface area contributed by atoms with Crippen molar-refractivity contribution in [3.8, 4) is 44.5 Å². The molecular formula is C52H32O. The largest absolute Gasteiger partial charge is 0.455 e. The second-order valence-electron chi connectivity index (χ2n) is 13.5. The summed E-state index contributed by atoms with van der Waals surface area (Å²) in [6.07, 6.45) is 0. The Labute approximate surface area is 315 Å². The maximum atomic E-state index is 9.74. The van der Waals surface area contributed by atoms with Crippen molar-refractivity contribution in [1.29, 1.82) is 0 Å². The third-order valence-corrected chi connectivity index (χ3v) is 10.5. The molecule has 11 rings (SSSR count). The lowest BCUT2D eigenvalue weighted by molar-refractivity contribution is 0.670. The van der Waals surface area contributed by atoms with E-state index in [-0.39, 0.29) is 58.2 Å². The SMILES string of the molecule is [2H]c1c(-c2cccc3c2oc2cccc(-c4ccc5ccccc5c4)c23)c([2H])c2c([2H])c([2H])c(-c3c4ccccc4c(-c4ccccc4)c4ccccc34)c([2H])c2c1[2H]. The molecule has 11 aromatic rings. The molecular weight excluding hydrogens is 641 g/mol. The number of hydrogen-bond donors (Lipinski definition) is 0. The van der Waals surface area contributed by atoms with E-state index in [4.69, 9.17) is 4.42 Å². The summed E-state index contributed by atoms with van der Waals surface area (Å²) in [5.41, 5.74) is 6.59. The van der Waals surface area contributed by atoms with Gasteiger partial charge in [-0.2, -0.15) is 0 Å². The van der Waals surface area contributed by atoms with Gasteiger partial charge >= 0.3 is 0 Å². The summed E-state index contributed by atoms with van der Waals surface area (Å²) in [5, 5.41) is 7.46. The summed E-state index contributed by atoms with van der Waals surface area (Å²) in [5.74, 6) is 0. The van der Waals surface area contributed by atoms with E-state index in [1.54, 1.807) is 6.07 Å². The van der Waals surface area contributed by atoms with Crippen molar-refractivity contribution >= 4 is 65.0 Å². The van der Waals surface area contributed by atoms with Crippen LogP contribution in [0.15, 0.2) is 198 Å². The van der Waals surface area contributed by atoms with Crippen molar-refractivity contribution in [1.82, 2.24) is 0 Å². The first kappa shape index (κ1) is 24.3. The summed E-state index contributed by atoms with van der Waals surface area (Å²) in [4.78, 5) is 0. The number of para-hydroxylation sites is 1. The molecule has 1 nitrogen and oxygen atoms in total. The number of rotatable bonds is 4. The third kappa shape index (κ3) is 4.71. The number of fused-ring (bicyclic) bond motifs is 7. The van der Waals surface area contributed by atoms with Crippen LogP contribution in [0.5, 0.6) is 0 Å². The van der Waals surface area contributed by atoms with Crippen LogP contribution >= 0.6 is 0 Å². The van der Waals surface area contributed by atoms with Crippen molar-refractivity contribution in [2.24, 2.45) is 0 Å². The van der Waals surface area contributed by atoms with Gasteiger partial charge in [0.15, 0.2) is 0 Å². The fraction of sp³-hybridized carbons (Fsp3) is 0. The monoisotopic (exact) mass is 678 g/mol. The Balaban J connectivity index is 1.17. The maximum absolute atomic E-state index is 9.74. The molecule has 1 heterocycles. The molecule has 10 aromatic carbocycles. The predicted octanol–water partition coefficient (Wildman–Crippen LogP) is 14.9. The van der Waals surface area contributed by atoms with Gasteiger partial charge in [-0.3, -0.25) is 0 Å². The first-order chi connectivity index (χ1) is 28.8. The molecule has 0 N–H and O–H groups in total. The summed E-state index contributed by atoms with van der Waals surface area (Å²) in [6.45, 7) is 0. The standard InChI is InChI=1S/C52H32O/c1-2-13-34(14-3-1)49-43-16-6-8-18-45(43)50(46-19-9-7-17-44(46)49)40-29-26-36-31-39(28-25-37(36)32-40)42-21-10-22-47-51-41(20-11-23-48(51)53-52(42)47)38-27-24-33-12-4-5-15-35(33)30-38/h1-32H/i25D,26D,28D,29D,31D,32D. The first-order valence-electron chi connectivity index (χ1n) is 20.8. The van der Waals surface area contributed by atoms with E-state index >= 15 is 0 Å². The molecule has 0 aliphatic heterocycles. The summed E-state index contributed by atoms with van der Waals surface area (Å²) < 4.78 is 64.0. The van der Waals surface area contributed by atoms with E-state index in [1.165, 1.54) is 0 Å². The first-order valence-corrected chi connectivity index (χ1v) is 17.8. The Hall–Kier alpha value is -6.96. The van der Waals surface area contributed by atoms with Crippen LogP contribution in [-0.2, 0) is 0 Å². The molecule has 0 spiro atoms. The van der Waals surface area contributed by atoms with Gasteiger partial charge in [-0.05, 0) is 106 Å². The van der Waals surface area contributed by atoms with Crippen molar-refractivity contribution in [2.45, 2.75) is 0 Å². The molecule has 0 amide bonds. The fourth-order valence-corrected chi connectivity index (χ4v) is 8.09. The molecule has 1 aromatic heterocycles. The van der Waals surface area contributed by atoms with E-state index in [1.807, 2.05) is 103 Å². The van der Waals surface area contributed by atoms with Crippen LogP contribution < -0.4 is 0 Å². The Bertz CT molecular complexity index is 3510. The molecule has 0 saturated heterocycles. The zero-order valence-corrected chi connectivity index (χ0v) is 28.4. The quantitative estimate of drug-likeness (QED) is 0.169. The number of benzene rings is 10. The van der Waals surface area contributed by atoms with Crippen LogP contribution in [0.3, 0.4) is 0 Å². The molecule has 246 valence electrons. The van der Waals surface area contributed by atoms with Gasteiger partial charge in [0.05, 0.1) is 8.22 Å². The van der Waals surface area contributed by atoms with Crippen LogP contribution in [0.4, 0.5) is 0 Å². The van der Waals surface area contributed by atoms with E-state index in [9.17, 15) is 8.22 Å². The van der Waals surface area contributed by atoms with Crippen LogP contribution in [0, 0.1) is 0 Å². The minimum atomic E-state index is -0.273. The van der Waals surface area contributed by atoms with Gasteiger partial charge in [-0.15, -0.1) is 0 Å². The number of furan rings is 1. The molecule has 0 saturated carbocycles. The van der Waals surface area contributed by atoms with Crippen LogP contribution in [0.25, 0.3) is 110 Å². The Kier molecular flexibility index (Phi) is 5.40. The van der Waals surface area contributed by atoms with E-state index < -0.39 is 0 Å². The molecule has 0 unspecified atom stereocenters. The minimum Gasteiger partial charge on any atom is -0.455 e. The van der Waals surface area contributed by atoms with Crippen molar-refractivity contribution < 1.29 is 12.6 Å². The molecule has 0 radical (unpaired) electrons. The van der Waals surface area contributed by atoms with Gasteiger partial charge in [-0.1, -0.05) is 170 Å². The Morgan fingerprint density at radius 1 is 0.358 bits per heavy atom. The summed E-state index contributed by atoms with van der Waals surface area (Å²) in [7, 11) is 0.